The number of rotatable bonds is 3. The van der Waals surface area contributed by atoms with Crippen LogP contribution in [0, 0.1) is 6.92 Å². The van der Waals surface area contributed by atoms with E-state index >= 15 is 0 Å². The molecule has 6 heteroatoms. The van der Waals surface area contributed by atoms with Gasteiger partial charge in [-0.25, -0.2) is 4.98 Å². The zero-order valence-corrected chi connectivity index (χ0v) is 13.2. The average Bonchev–Trinajstić information content (AvgIpc) is 3.17. The summed E-state index contributed by atoms with van der Waals surface area (Å²) in [5, 5.41) is 11.1. The lowest BCUT2D eigenvalue weighted by atomic mass is 10.1. The van der Waals surface area contributed by atoms with E-state index in [4.69, 9.17) is 4.98 Å². The predicted octanol–water partition coefficient (Wildman–Crippen LogP) is 1.64. The molecule has 1 fully saturated rings. The normalized spacial score (nSPS) is 20.4. The number of anilines is 2. The molecule has 0 spiro atoms. The first-order valence-electron chi connectivity index (χ1n) is 8.11. The molecule has 6 nitrogen and oxygen atoms in total. The lowest BCUT2D eigenvalue weighted by molar-refractivity contribution is 0.782. The van der Waals surface area contributed by atoms with Crippen LogP contribution in [0.4, 0.5) is 11.8 Å². The highest BCUT2D eigenvalue weighted by Crippen LogP contribution is 2.32. The lowest BCUT2D eigenvalue weighted by Crippen LogP contribution is -2.23. The number of aromatic nitrogens is 3. The molecule has 1 saturated heterocycles. The molecule has 3 heterocycles. The van der Waals surface area contributed by atoms with Crippen LogP contribution in [0.1, 0.15) is 29.7 Å². The third-order valence-electron chi connectivity index (χ3n) is 4.78. The van der Waals surface area contributed by atoms with Crippen LogP contribution in [0.3, 0.4) is 0 Å². The second kappa shape index (κ2) is 5.35. The van der Waals surface area contributed by atoms with Crippen LogP contribution in [0.5, 0.6) is 0 Å². The Morgan fingerprint density at radius 2 is 2.09 bits per heavy atom. The van der Waals surface area contributed by atoms with Crippen molar-refractivity contribution >= 4 is 22.8 Å². The van der Waals surface area contributed by atoms with Gasteiger partial charge in [-0.2, -0.15) is 9.97 Å². The smallest absolute Gasteiger partial charge is 0.226 e. The fourth-order valence-corrected chi connectivity index (χ4v) is 3.61. The van der Waals surface area contributed by atoms with Crippen molar-refractivity contribution in [2.45, 2.75) is 38.6 Å². The second-order valence-electron chi connectivity index (χ2n) is 6.19. The van der Waals surface area contributed by atoms with Gasteiger partial charge in [-0.1, -0.05) is 0 Å². The van der Waals surface area contributed by atoms with E-state index in [2.05, 4.69) is 32.8 Å². The molecule has 0 amide bonds. The van der Waals surface area contributed by atoms with E-state index in [0.717, 1.165) is 49.2 Å². The molecule has 0 bridgehead atoms. The first-order chi connectivity index (χ1) is 10.8. The molecule has 116 valence electrons. The van der Waals surface area contributed by atoms with Crippen molar-refractivity contribution in [1.29, 1.82) is 0 Å². The van der Waals surface area contributed by atoms with E-state index in [0.29, 0.717) is 12.0 Å². The van der Waals surface area contributed by atoms with Gasteiger partial charge in [0.05, 0.1) is 5.39 Å². The van der Waals surface area contributed by atoms with Gasteiger partial charge in [0.25, 0.3) is 0 Å². The Kier molecular flexibility index (Phi) is 3.33. The summed E-state index contributed by atoms with van der Waals surface area (Å²) < 4.78 is 0. The summed E-state index contributed by atoms with van der Waals surface area (Å²) in [6, 6.07) is 0.401. The summed E-state index contributed by atoms with van der Waals surface area (Å²) in [5.41, 5.74) is 4.72. The Morgan fingerprint density at radius 3 is 2.86 bits per heavy atom. The maximum atomic E-state index is 4.81. The molecule has 4 rings (SSSR count). The molecule has 1 aliphatic heterocycles. The third-order valence-corrected chi connectivity index (χ3v) is 4.78. The Balaban J connectivity index is 1.82. The largest absolute Gasteiger partial charge is 0.372 e. The second-order valence-corrected chi connectivity index (χ2v) is 6.19. The van der Waals surface area contributed by atoms with Gasteiger partial charge in [-0.05, 0) is 50.3 Å². The highest BCUT2D eigenvalue weighted by atomic mass is 15.2. The first kappa shape index (κ1) is 13.7. The number of pyridine rings is 1. The van der Waals surface area contributed by atoms with Gasteiger partial charge in [-0.3, -0.25) is 0 Å². The van der Waals surface area contributed by atoms with E-state index in [9.17, 15) is 0 Å². The first-order valence-corrected chi connectivity index (χ1v) is 8.11. The molecule has 0 saturated carbocycles. The van der Waals surface area contributed by atoms with E-state index in [1.807, 2.05) is 7.05 Å². The molecule has 0 radical (unpaired) electrons. The number of nitrogens with zero attached hydrogens (tertiary/aromatic N) is 3. The number of nitrogens with one attached hydrogen (secondary N) is 3. The van der Waals surface area contributed by atoms with Gasteiger partial charge in [0, 0.05) is 25.3 Å². The highest BCUT2D eigenvalue weighted by molar-refractivity contribution is 5.91. The number of hydrogen-bond donors (Lipinski definition) is 3. The van der Waals surface area contributed by atoms with Crippen LogP contribution in [0.15, 0.2) is 0 Å². The van der Waals surface area contributed by atoms with Crippen molar-refractivity contribution in [1.82, 2.24) is 20.3 Å². The standard InChI is InChI=1S/C16H22N6/c1-9-11-4-3-5-12(11)20-15-13(9)14(17-2)21-16(22-15)19-10-6-7-18-8-10/h10,18H,3-8H2,1-2H3,(H2,17,19,20,21,22)/t10-/m1/s1. The fraction of sp³-hybridized carbons (Fsp3) is 0.562. The van der Waals surface area contributed by atoms with E-state index in [1.165, 1.54) is 23.2 Å². The van der Waals surface area contributed by atoms with E-state index in [-0.39, 0.29) is 0 Å². The Bertz CT molecular complexity index is 720. The maximum Gasteiger partial charge on any atom is 0.226 e. The summed E-state index contributed by atoms with van der Waals surface area (Å²) >= 11 is 0. The van der Waals surface area contributed by atoms with Crippen LogP contribution in [0.25, 0.3) is 11.0 Å². The quantitative estimate of drug-likeness (QED) is 0.800. The van der Waals surface area contributed by atoms with Gasteiger partial charge < -0.3 is 16.0 Å². The molecule has 1 atom stereocenters. The van der Waals surface area contributed by atoms with Crippen LogP contribution >= 0.6 is 0 Å². The third kappa shape index (κ3) is 2.18. The average molecular weight is 298 g/mol. The van der Waals surface area contributed by atoms with Crippen molar-refractivity contribution in [3.8, 4) is 0 Å². The summed E-state index contributed by atoms with van der Waals surface area (Å²) in [6.45, 7) is 4.19. The van der Waals surface area contributed by atoms with Crippen molar-refractivity contribution in [2.24, 2.45) is 0 Å². The van der Waals surface area contributed by atoms with Gasteiger partial charge in [0.2, 0.25) is 5.95 Å². The Morgan fingerprint density at radius 1 is 1.18 bits per heavy atom. The van der Waals surface area contributed by atoms with Crippen molar-refractivity contribution < 1.29 is 0 Å². The minimum Gasteiger partial charge on any atom is -0.372 e. The molecule has 3 N–H and O–H groups in total. The van der Waals surface area contributed by atoms with Gasteiger partial charge in [0.15, 0.2) is 5.65 Å². The van der Waals surface area contributed by atoms with Gasteiger partial charge in [0.1, 0.15) is 5.82 Å². The number of fused-ring (bicyclic) bond motifs is 2. The molecular formula is C16H22N6. The van der Waals surface area contributed by atoms with E-state index in [1.54, 1.807) is 0 Å². The molecule has 0 aromatic carbocycles. The Labute approximate surface area is 130 Å². The zero-order valence-electron chi connectivity index (χ0n) is 13.2. The molecule has 2 aliphatic rings. The van der Waals surface area contributed by atoms with Crippen molar-refractivity contribution in [3.05, 3.63) is 16.8 Å². The molecular weight excluding hydrogens is 276 g/mol. The summed E-state index contributed by atoms with van der Waals surface area (Å²) in [6.07, 6.45) is 4.49. The topological polar surface area (TPSA) is 74.8 Å². The fourth-order valence-electron chi connectivity index (χ4n) is 3.61. The van der Waals surface area contributed by atoms with Crippen molar-refractivity contribution in [3.63, 3.8) is 0 Å². The number of aryl methyl sites for hydroxylation is 2. The van der Waals surface area contributed by atoms with Crippen molar-refractivity contribution in [2.75, 3.05) is 30.8 Å². The molecule has 1 aliphatic carbocycles. The highest BCUT2D eigenvalue weighted by Gasteiger charge is 2.22. The predicted molar refractivity (Wildman–Crippen MR) is 88.5 cm³/mol. The molecule has 0 unspecified atom stereocenters. The molecule has 2 aromatic heterocycles. The molecule has 2 aromatic rings. The summed E-state index contributed by atoms with van der Waals surface area (Å²) in [7, 11) is 1.91. The minimum absolute atomic E-state index is 0.401. The number of hydrogen-bond acceptors (Lipinski definition) is 6. The maximum absolute atomic E-state index is 4.81. The van der Waals surface area contributed by atoms with Crippen LogP contribution in [-0.2, 0) is 12.8 Å². The SMILES string of the molecule is CNc1nc(N[C@@H]2CCNC2)nc2nc3c(c(C)c12)CCC3. The van der Waals surface area contributed by atoms with E-state index < -0.39 is 0 Å². The summed E-state index contributed by atoms with van der Waals surface area (Å²) in [5.74, 6) is 1.55. The van der Waals surface area contributed by atoms with Crippen LogP contribution < -0.4 is 16.0 Å². The minimum atomic E-state index is 0.401. The Hall–Kier alpha value is -1.95. The molecule has 22 heavy (non-hydrogen) atoms. The monoisotopic (exact) mass is 298 g/mol. The van der Waals surface area contributed by atoms with Crippen LogP contribution in [-0.4, -0.2) is 41.1 Å². The summed E-state index contributed by atoms with van der Waals surface area (Å²) in [4.78, 5) is 14.2. The van der Waals surface area contributed by atoms with Crippen LogP contribution in [0.2, 0.25) is 0 Å². The van der Waals surface area contributed by atoms with Gasteiger partial charge >= 0.3 is 0 Å². The lowest BCUT2D eigenvalue weighted by Gasteiger charge is -2.15. The zero-order chi connectivity index (χ0) is 15.1. The van der Waals surface area contributed by atoms with Gasteiger partial charge in [-0.15, -0.1) is 0 Å².